The number of anilines is 1. The summed E-state index contributed by atoms with van der Waals surface area (Å²) in [6.07, 6.45) is 1.95. The third kappa shape index (κ3) is 5.25. The average molecular weight is 414 g/mol. The molecule has 1 atom stereocenters. The third-order valence-electron chi connectivity index (χ3n) is 5.04. The Bertz CT molecular complexity index is 887. The van der Waals surface area contributed by atoms with Crippen LogP contribution in [0.5, 0.6) is 0 Å². The molecule has 1 aromatic heterocycles. The van der Waals surface area contributed by atoms with Gasteiger partial charge in [0.05, 0.1) is 31.9 Å². The highest BCUT2D eigenvalue weighted by molar-refractivity contribution is 6.39. The monoisotopic (exact) mass is 414 g/mol. The van der Waals surface area contributed by atoms with Gasteiger partial charge in [0.2, 0.25) is 0 Å². The van der Waals surface area contributed by atoms with Crippen LogP contribution < -0.4 is 10.6 Å². The first-order valence-electron chi connectivity index (χ1n) is 9.70. The number of morpholine rings is 1. The van der Waals surface area contributed by atoms with Crippen molar-refractivity contribution >= 4 is 23.5 Å². The van der Waals surface area contributed by atoms with Crippen molar-refractivity contribution in [2.45, 2.75) is 6.04 Å². The quantitative estimate of drug-likeness (QED) is 0.539. The molecule has 9 heteroatoms. The van der Waals surface area contributed by atoms with Crippen LogP contribution >= 0.6 is 0 Å². The van der Waals surface area contributed by atoms with Gasteiger partial charge in [0.15, 0.2) is 0 Å². The molecule has 30 heavy (non-hydrogen) atoms. The molecule has 3 rings (SSSR count). The minimum atomic E-state index is -0.770. The fraction of sp³-hybridized carbons (Fsp3) is 0.381. The number of hydrogen-bond donors (Lipinski definition) is 2. The second-order valence-electron chi connectivity index (χ2n) is 6.94. The maximum atomic E-state index is 12.4. The predicted octanol–water partition coefficient (Wildman–Crippen LogP) is 0.940. The molecule has 2 N–H and O–H groups in total. The molecule has 0 saturated carbocycles. The van der Waals surface area contributed by atoms with Crippen LogP contribution in [0.1, 0.15) is 22.1 Å². The zero-order chi connectivity index (χ0) is 21.5. The summed E-state index contributed by atoms with van der Waals surface area (Å²) in [6, 6.07) is 10.0. The molecule has 0 spiro atoms. The number of aryl methyl sites for hydroxylation is 1. The summed E-state index contributed by atoms with van der Waals surface area (Å²) in [4.78, 5) is 38.3. The van der Waals surface area contributed by atoms with E-state index in [4.69, 9.17) is 4.74 Å². The number of benzene rings is 1. The van der Waals surface area contributed by atoms with Gasteiger partial charge in [-0.3, -0.25) is 14.5 Å². The summed E-state index contributed by atoms with van der Waals surface area (Å²) in [6.45, 7) is 3.08. The number of nitrogens with one attached hydrogen (secondary N) is 2. The van der Waals surface area contributed by atoms with Crippen LogP contribution in [0.3, 0.4) is 0 Å². The minimum Gasteiger partial charge on any atom is -0.465 e. The number of methoxy groups -OCH3 is 1. The second kappa shape index (κ2) is 10.0. The van der Waals surface area contributed by atoms with Crippen LogP contribution in [0.4, 0.5) is 5.69 Å². The van der Waals surface area contributed by atoms with Crippen LogP contribution in [0.15, 0.2) is 42.6 Å². The minimum absolute atomic E-state index is 0.0648. The number of ether oxygens (including phenoxy) is 2. The van der Waals surface area contributed by atoms with E-state index in [1.54, 1.807) is 0 Å². The Morgan fingerprint density at radius 3 is 2.40 bits per heavy atom. The smallest absolute Gasteiger partial charge is 0.337 e. The largest absolute Gasteiger partial charge is 0.465 e. The summed E-state index contributed by atoms with van der Waals surface area (Å²) in [5.74, 6) is -1.96. The van der Waals surface area contributed by atoms with Gasteiger partial charge in [-0.15, -0.1) is 0 Å². The lowest BCUT2D eigenvalue weighted by Gasteiger charge is -2.34. The number of rotatable bonds is 6. The molecular formula is C21H26N4O5. The van der Waals surface area contributed by atoms with Crippen molar-refractivity contribution in [3.05, 3.63) is 53.9 Å². The number of nitrogens with zero attached hydrogens (tertiary/aromatic N) is 2. The third-order valence-corrected chi connectivity index (χ3v) is 5.04. The summed E-state index contributed by atoms with van der Waals surface area (Å²) in [7, 11) is 3.25. The van der Waals surface area contributed by atoms with Crippen LogP contribution in [0, 0.1) is 0 Å². The summed E-state index contributed by atoms with van der Waals surface area (Å²) >= 11 is 0. The lowest BCUT2D eigenvalue weighted by molar-refractivity contribution is -0.136. The van der Waals surface area contributed by atoms with E-state index in [2.05, 4.69) is 20.3 Å². The Morgan fingerprint density at radius 1 is 1.10 bits per heavy atom. The molecule has 160 valence electrons. The molecular weight excluding hydrogens is 388 g/mol. The molecule has 9 nitrogen and oxygen atoms in total. The van der Waals surface area contributed by atoms with Gasteiger partial charge in [-0.1, -0.05) is 0 Å². The van der Waals surface area contributed by atoms with Gasteiger partial charge in [0.25, 0.3) is 0 Å². The number of carbonyl (C=O) groups is 3. The zero-order valence-electron chi connectivity index (χ0n) is 17.1. The summed E-state index contributed by atoms with van der Waals surface area (Å²) in [5, 5.41) is 5.27. The Hall–Kier alpha value is -3.17. The number of amides is 2. The molecule has 2 amide bonds. The van der Waals surface area contributed by atoms with Crippen LogP contribution in [-0.4, -0.2) is 67.2 Å². The van der Waals surface area contributed by atoms with Gasteiger partial charge in [0.1, 0.15) is 0 Å². The molecule has 1 aliphatic heterocycles. The van der Waals surface area contributed by atoms with E-state index < -0.39 is 17.8 Å². The van der Waals surface area contributed by atoms with Gasteiger partial charge in [0, 0.05) is 44.3 Å². The van der Waals surface area contributed by atoms with Gasteiger partial charge >= 0.3 is 17.8 Å². The molecule has 1 saturated heterocycles. The van der Waals surface area contributed by atoms with Crippen LogP contribution in [0.25, 0.3) is 0 Å². The highest BCUT2D eigenvalue weighted by Crippen LogP contribution is 2.21. The Labute approximate surface area is 174 Å². The maximum Gasteiger partial charge on any atom is 0.337 e. The normalized spacial score (nSPS) is 15.3. The molecule has 1 fully saturated rings. The maximum absolute atomic E-state index is 12.4. The van der Waals surface area contributed by atoms with Crippen molar-refractivity contribution in [1.82, 2.24) is 14.8 Å². The van der Waals surface area contributed by atoms with E-state index >= 15 is 0 Å². The first-order valence-corrected chi connectivity index (χ1v) is 9.70. The van der Waals surface area contributed by atoms with Crippen molar-refractivity contribution in [1.29, 1.82) is 0 Å². The van der Waals surface area contributed by atoms with Gasteiger partial charge in [-0.2, -0.15) is 0 Å². The molecule has 0 unspecified atom stereocenters. The fourth-order valence-corrected chi connectivity index (χ4v) is 3.40. The van der Waals surface area contributed by atoms with Crippen LogP contribution in [-0.2, 0) is 26.1 Å². The van der Waals surface area contributed by atoms with E-state index in [-0.39, 0.29) is 6.04 Å². The van der Waals surface area contributed by atoms with Crippen molar-refractivity contribution < 1.29 is 23.9 Å². The lowest BCUT2D eigenvalue weighted by atomic mass is 10.1. The van der Waals surface area contributed by atoms with Gasteiger partial charge in [-0.25, -0.2) is 4.79 Å². The van der Waals surface area contributed by atoms with E-state index in [9.17, 15) is 14.4 Å². The first kappa shape index (κ1) is 21.5. The van der Waals surface area contributed by atoms with E-state index in [1.807, 2.05) is 29.9 Å². The molecule has 0 aliphatic carbocycles. The second-order valence-corrected chi connectivity index (χ2v) is 6.94. The molecule has 1 aromatic carbocycles. The lowest BCUT2D eigenvalue weighted by Crippen LogP contribution is -2.46. The van der Waals surface area contributed by atoms with E-state index in [0.717, 1.165) is 18.8 Å². The zero-order valence-corrected chi connectivity index (χ0v) is 17.1. The number of aromatic nitrogens is 1. The topological polar surface area (TPSA) is 102 Å². The average Bonchev–Trinajstić information content (AvgIpc) is 3.20. The van der Waals surface area contributed by atoms with Crippen molar-refractivity contribution in [3.63, 3.8) is 0 Å². The van der Waals surface area contributed by atoms with Crippen molar-refractivity contribution in [2.75, 3.05) is 45.3 Å². The number of carbonyl (C=O) groups excluding carboxylic acids is 3. The highest BCUT2D eigenvalue weighted by atomic mass is 16.5. The van der Waals surface area contributed by atoms with Crippen LogP contribution in [0.2, 0.25) is 0 Å². The molecule has 2 aromatic rings. The Morgan fingerprint density at radius 2 is 1.80 bits per heavy atom. The predicted molar refractivity (Wildman–Crippen MR) is 110 cm³/mol. The first-order chi connectivity index (χ1) is 14.5. The fourth-order valence-electron chi connectivity index (χ4n) is 3.40. The molecule has 0 bridgehead atoms. The number of hydrogen-bond acceptors (Lipinski definition) is 6. The summed E-state index contributed by atoms with van der Waals surface area (Å²) in [5.41, 5.74) is 1.82. The van der Waals surface area contributed by atoms with Crippen molar-refractivity contribution in [2.24, 2.45) is 7.05 Å². The Kier molecular flexibility index (Phi) is 7.21. The molecule has 0 radical (unpaired) electrons. The van der Waals surface area contributed by atoms with Crippen molar-refractivity contribution in [3.8, 4) is 0 Å². The standard InChI is InChI=1S/C21H26N4O5/c1-24-9-3-4-17(24)18(25-10-12-30-13-11-25)14-22-19(26)20(27)23-16-7-5-15(6-8-16)21(28)29-2/h3-9,18H,10-14H2,1-2H3,(H,22,26)(H,23,27)/t18-/m1/s1. The number of esters is 1. The highest BCUT2D eigenvalue weighted by Gasteiger charge is 2.26. The van der Waals surface area contributed by atoms with E-state index in [0.29, 0.717) is 31.0 Å². The molecule has 1 aliphatic rings. The van der Waals surface area contributed by atoms with Gasteiger partial charge < -0.3 is 24.7 Å². The molecule has 2 heterocycles. The SMILES string of the molecule is COC(=O)c1ccc(NC(=O)C(=O)NC[C@H](c2cccn2C)N2CCOCC2)cc1. The van der Waals surface area contributed by atoms with Gasteiger partial charge in [-0.05, 0) is 36.4 Å². The Balaban J connectivity index is 1.59. The van der Waals surface area contributed by atoms with E-state index in [1.165, 1.54) is 31.4 Å². The summed E-state index contributed by atoms with van der Waals surface area (Å²) < 4.78 is 12.1.